The Morgan fingerprint density at radius 3 is 2.06 bits per heavy atom. The third kappa shape index (κ3) is 3.35. The van der Waals surface area contributed by atoms with E-state index in [4.69, 9.17) is 4.74 Å². The highest BCUT2D eigenvalue weighted by Gasteiger charge is 2.09. The fourth-order valence-corrected chi connectivity index (χ4v) is 1.89. The minimum absolute atomic E-state index is 0.469. The molecule has 17 heavy (non-hydrogen) atoms. The van der Waals surface area contributed by atoms with Gasteiger partial charge in [-0.2, -0.15) is 0 Å². The van der Waals surface area contributed by atoms with Crippen molar-refractivity contribution in [2.45, 2.75) is 19.3 Å². The topological polar surface area (TPSA) is 9.23 Å². The van der Waals surface area contributed by atoms with Crippen LogP contribution in [0.2, 0.25) is 0 Å². The molecule has 0 fully saturated rings. The maximum Gasteiger partial charge on any atom is 0.119 e. The molecule has 0 aromatic heterocycles. The summed E-state index contributed by atoms with van der Waals surface area (Å²) in [6.07, 6.45) is 1.09. The fraction of sp³-hybridized carbons (Fsp3) is 0.250. The van der Waals surface area contributed by atoms with Crippen molar-refractivity contribution in [2.75, 3.05) is 6.61 Å². The number of benzene rings is 2. The average molecular weight is 226 g/mol. The van der Waals surface area contributed by atoms with Crippen molar-refractivity contribution < 1.29 is 4.74 Å². The molecule has 0 saturated carbocycles. The zero-order chi connectivity index (χ0) is 11.9. The summed E-state index contributed by atoms with van der Waals surface area (Å²) < 4.78 is 5.81. The van der Waals surface area contributed by atoms with Crippen molar-refractivity contribution in [1.82, 2.24) is 0 Å². The van der Waals surface area contributed by atoms with Crippen molar-refractivity contribution in [1.29, 1.82) is 0 Å². The minimum atomic E-state index is 0.469. The van der Waals surface area contributed by atoms with Crippen LogP contribution in [-0.4, -0.2) is 6.61 Å². The quantitative estimate of drug-likeness (QED) is 0.740. The molecule has 1 heteroatoms. The third-order valence-corrected chi connectivity index (χ3v) is 2.96. The summed E-state index contributed by atoms with van der Waals surface area (Å²) in [7, 11) is 0. The summed E-state index contributed by atoms with van der Waals surface area (Å²) in [4.78, 5) is 0. The Labute approximate surface area is 103 Å². The van der Waals surface area contributed by atoms with Crippen LogP contribution in [0.25, 0.3) is 0 Å². The Morgan fingerprint density at radius 2 is 1.47 bits per heavy atom. The molecular weight excluding hydrogens is 208 g/mol. The maximum atomic E-state index is 5.81. The van der Waals surface area contributed by atoms with E-state index in [9.17, 15) is 0 Å². The van der Waals surface area contributed by atoms with Crippen LogP contribution < -0.4 is 4.74 Å². The summed E-state index contributed by atoms with van der Waals surface area (Å²) in [6.45, 7) is 2.94. The highest BCUT2D eigenvalue weighted by Crippen LogP contribution is 2.20. The van der Waals surface area contributed by atoms with E-state index < -0.39 is 0 Å². The molecule has 1 nitrogen and oxygen atoms in total. The average Bonchev–Trinajstić information content (AvgIpc) is 2.42. The summed E-state index contributed by atoms with van der Waals surface area (Å²) in [6, 6.07) is 20.6. The second-order valence-electron chi connectivity index (χ2n) is 4.14. The minimum Gasteiger partial charge on any atom is -0.493 e. The van der Waals surface area contributed by atoms with E-state index in [2.05, 4.69) is 31.2 Å². The molecule has 0 spiro atoms. The molecule has 1 atom stereocenters. The van der Waals surface area contributed by atoms with Crippen molar-refractivity contribution in [3.8, 4) is 5.75 Å². The van der Waals surface area contributed by atoms with Gasteiger partial charge in [-0.05, 0) is 24.1 Å². The van der Waals surface area contributed by atoms with Crippen LogP contribution in [0.3, 0.4) is 0 Å². The van der Waals surface area contributed by atoms with Crippen LogP contribution >= 0.6 is 0 Å². The molecule has 88 valence electrons. The first-order chi connectivity index (χ1) is 8.40. The van der Waals surface area contributed by atoms with Crippen LogP contribution in [0, 0.1) is 0 Å². The SMILES string of the molecule is CCC(COc1ccccc1)c1ccccc1. The molecule has 0 N–H and O–H groups in total. The summed E-state index contributed by atoms with van der Waals surface area (Å²) in [5.41, 5.74) is 1.35. The summed E-state index contributed by atoms with van der Waals surface area (Å²) in [5, 5.41) is 0. The van der Waals surface area contributed by atoms with Gasteiger partial charge in [-0.25, -0.2) is 0 Å². The molecule has 1 unspecified atom stereocenters. The van der Waals surface area contributed by atoms with Gasteiger partial charge in [0.15, 0.2) is 0 Å². The molecule has 2 aromatic carbocycles. The lowest BCUT2D eigenvalue weighted by atomic mass is 9.98. The van der Waals surface area contributed by atoms with Gasteiger partial charge in [-0.15, -0.1) is 0 Å². The highest BCUT2D eigenvalue weighted by molar-refractivity contribution is 5.23. The van der Waals surface area contributed by atoms with Gasteiger partial charge in [0.1, 0.15) is 5.75 Å². The van der Waals surface area contributed by atoms with Crippen molar-refractivity contribution in [3.63, 3.8) is 0 Å². The number of para-hydroxylation sites is 1. The van der Waals surface area contributed by atoms with Crippen molar-refractivity contribution in [3.05, 3.63) is 66.2 Å². The molecule has 0 saturated heterocycles. The molecule has 2 aromatic rings. The Hall–Kier alpha value is -1.76. The second kappa shape index (κ2) is 6.09. The summed E-state index contributed by atoms with van der Waals surface area (Å²) >= 11 is 0. The van der Waals surface area contributed by atoms with E-state index in [0.717, 1.165) is 18.8 Å². The first kappa shape index (κ1) is 11.7. The number of hydrogen-bond donors (Lipinski definition) is 0. The first-order valence-corrected chi connectivity index (χ1v) is 6.13. The molecule has 0 heterocycles. The van der Waals surface area contributed by atoms with E-state index >= 15 is 0 Å². The van der Waals surface area contributed by atoms with E-state index in [-0.39, 0.29) is 0 Å². The van der Waals surface area contributed by atoms with Gasteiger partial charge >= 0.3 is 0 Å². The smallest absolute Gasteiger partial charge is 0.119 e. The van der Waals surface area contributed by atoms with Crippen LogP contribution in [0.5, 0.6) is 5.75 Å². The third-order valence-electron chi connectivity index (χ3n) is 2.96. The van der Waals surface area contributed by atoms with Gasteiger partial charge in [0.25, 0.3) is 0 Å². The molecular formula is C16H18O. The van der Waals surface area contributed by atoms with E-state index in [1.165, 1.54) is 5.56 Å². The van der Waals surface area contributed by atoms with E-state index in [1.54, 1.807) is 0 Å². The molecule has 0 radical (unpaired) electrons. The predicted octanol–water partition coefficient (Wildman–Crippen LogP) is 4.26. The molecule has 0 aliphatic heterocycles. The van der Waals surface area contributed by atoms with Crippen molar-refractivity contribution >= 4 is 0 Å². The second-order valence-corrected chi connectivity index (χ2v) is 4.14. The Kier molecular flexibility index (Phi) is 4.20. The monoisotopic (exact) mass is 226 g/mol. The lowest BCUT2D eigenvalue weighted by Crippen LogP contribution is -2.09. The summed E-state index contributed by atoms with van der Waals surface area (Å²) in [5.74, 6) is 1.42. The Bertz CT molecular complexity index is 422. The Balaban J connectivity index is 1.97. The van der Waals surface area contributed by atoms with Gasteiger partial charge in [-0.3, -0.25) is 0 Å². The first-order valence-electron chi connectivity index (χ1n) is 6.13. The Morgan fingerprint density at radius 1 is 0.882 bits per heavy atom. The molecule has 0 amide bonds. The fourth-order valence-electron chi connectivity index (χ4n) is 1.89. The molecule has 0 aliphatic rings. The van der Waals surface area contributed by atoms with Crippen LogP contribution in [0.4, 0.5) is 0 Å². The number of ether oxygens (including phenoxy) is 1. The highest BCUT2D eigenvalue weighted by atomic mass is 16.5. The standard InChI is InChI=1S/C16H18O/c1-2-14(15-9-5-3-6-10-15)13-17-16-11-7-4-8-12-16/h3-12,14H,2,13H2,1H3. The van der Waals surface area contributed by atoms with Gasteiger partial charge in [0, 0.05) is 5.92 Å². The molecule has 0 aliphatic carbocycles. The van der Waals surface area contributed by atoms with Gasteiger partial charge in [0.05, 0.1) is 6.61 Å². The molecule has 2 rings (SSSR count). The molecule has 0 bridgehead atoms. The largest absolute Gasteiger partial charge is 0.493 e. The number of rotatable bonds is 5. The van der Waals surface area contributed by atoms with E-state index in [0.29, 0.717) is 5.92 Å². The number of hydrogen-bond acceptors (Lipinski definition) is 1. The zero-order valence-electron chi connectivity index (χ0n) is 10.2. The van der Waals surface area contributed by atoms with Crippen molar-refractivity contribution in [2.24, 2.45) is 0 Å². The van der Waals surface area contributed by atoms with Gasteiger partial charge in [0.2, 0.25) is 0 Å². The maximum absolute atomic E-state index is 5.81. The van der Waals surface area contributed by atoms with Crippen LogP contribution in [0.1, 0.15) is 24.8 Å². The lowest BCUT2D eigenvalue weighted by Gasteiger charge is -2.16. The van der Waals surface area contributed by atoms with E-state index in [1.807, 2.05) is 36.4 Å². The zero-order valence-corrected chi connectivity index (χ0v) is 10.2. The van der Waals surface area contributed by atoms with Gasteiger partial charge < -0.3 is 4.74 Å². The normalized spacial score (nSPS) is 12.1. The van der Waals surface area contributed by atoms with Crippen LogP contribution in [-0.2, 0) is 0 Å². The predicted molar refractivity (Wildman–Crippen MR) is 71.4 cm³/mol. The van der Waals surface area contributed by atoms with Crippen LogP contribution in [0.15, 0.2) is 60.7 Å². The van der Waals surface area contributed by atoms with Gasteiger partial charge in [-0.1, -0.05) is 55.5 Å². The lowest BCUT2D eigenvalue weighted by molar-refractivity contribution is 0.285.